The molecule has 4 nitrogen and oxygen atoms in total. The van der Waals surface area contributed by atoms with Crippen molar-refractivity contribution in [2.24, 2.45) is 0 Å². The van der Waals surface area contributed by atoms with E-state index < -0.39 is 5.97 Å². The normalized spacial score (nSPS) is 10.5. The van der Waals surface area contributed by atoms with Gasteiger partial charge >= 0.3 is 5.97 Å². The summed E-state index contributed by atoms with van der Waals surface area (Å²) in [6.07, 6.45) is 3.72. The Bertz CT molecular complexity index is 363. The molecular formula is C8H7ClN2O2. The fourth-order valence-electron chi connectivity index (χ4n) is 0.760. The van der Waals surface area contributed by atoms with Crippen molar-refractivity contribution >= 4 is 29.3 Å². The van der Waals surface area contributed by atoms with E-state index in [2.05, 4.69) is 4.98 Å². The number of anilines is 1. The van der Waals surface area contributed by atoms with E-state index in [1.807, 2.05) is 0 Å². The van der Waals surface area contributed by atoms with Crippen molar-refractivity contribution in [2.45, 2.75) is 0 Å². The summed E-state index contributed by atoms with van der Waals surface area (Å²) in [7, 11) is 0. The third kappa shape index (κ3) is 2.76. The molecule has 0 amide bonds. The first-order valence-electron chi connectivity index (χ1n) is 3.41. The van der Waals surface area contributed by atoms with Gasteiger partial charge in [0, 0.05) is 11.6 Å². The number of nitrogens with two attached hydrogens (primary N) is 1. The molecule has 0 unspecified atom stereocenters. The topological polar surface area (TPSA) is 76.2 Å². The van der Waals surface area contributed by atoms with Gasteiger partial charge < -0.3 is 10.8 Å². The Morgan fingerprint density at radius 3 is 3.00 bits per heavy atom. The predicted molar refractivity (Wildman–Crippen MR) is 50.3 cm³/mol. The maximum Gasteiger partial charge on any atom is 0.328 e. The standard InChI is InChI=1S/C8H7ClN2O2/c9-8-5(1-2-7(12)13)3-6(10)4-11-8/h1-4H,10H2,(H,12,13). The molecule has 0 aliphatic heterocycles. The van der Waals surface area contributed by atoms with Gasteiger partial charge in [0.05, 0.1) is 11.9 Å². The molecule has 0 atom stereocenters. The highest BCUT2D eigenvalue weighted by molar-refractivity contribution is 6.31. The predicted octanol–water partition coefficient (Wildman–Crippen LogP) is 1.42. The molecule has 1 rings (SSSR count). The summed E-state index contributed by atoms with van der Waals surface area (Å²) in [5, 5.41) is 8.58. The van der Waals surface area contributed by atoms with Gasteiger partial charge in [0.25, 0.3) is 0 Å². The maximum absolute atomic E-state index is 10.2. The molecule has 1 aromatic rings. The van der Waals surface area contributed by atoms with Crippen LogP contribution in [0, 0.1) is 0 Å². The second-order valence-electron chi connectivity index (χ2n) is 2.32. The number of halogens is 1. The van der Waals surface area contributed by atoms with E-state index >= 15 is 0 Å². The lowest BCUT2D eigenvalue weighted by atomic mass is 10.2. The minimum absolute atomic E-state index is 0.228. The van der Waals surface area contributed by atoms with Crippen LogP contribution in [0.2, 0.25) is 5.15 Å². The molecule has 1 aromatic heterocycles. The molecule has 0 saturated heterocycles. The summed E-state index contributed by atoms with van der Waals surface area (Å²) in [5.74, 6) is -1.04. The number of carbonyl (C=O) groups is 1. The van der Waals surface area contributed by atoms with Gasteiger partial charge in [0.15, 0.2) is 0 Å². The van der Waals surface area contributed by atoms with E-state index in [0.717, 1.165) is 6.08 Å². The molecule has 0 fully saturated rings. The number of carboxylic acids is 1. The quantitative estimate of drug-likeness (QED) is 0.557. The van der Waals surface area contributed by atoms with Crippen LogP contribution in [-0.4, -0.2) is 16.1 Å². The summed E-state index contributed by atoms with van der Waals surface area (Å²) in [6.45, 7) is 0. The van der Waals surface area contributed by atoms with Crippen LogP contribution in [0.25, 0.3) is 6.08 Å². The average molecular weight is 199 g/mol. The Morgan fingerprint density at radius 1 is 1.69 bits per heavy atom. The fraction of sp³-hybridized carbons (Fsp3) is 0. The minimum Gasteiger partial charge on any atom is -0.478 e. The minimum atomic E-state index is -1.04. The third-order valence-electron chi connectivity index (χ3n) is 1.29. The molecular weight excluding hydrogens is 192 g/mol. The van der Waals surface area contributed by atoms with E-state index in [9.17, 15) is 4.79 Å². The van der Waals surface area contributed by atoms with Crippen molar-refractivity contribution in [1.29, 1.82) is 0 Å². The molecule has 1 heterocycles. The Balaban J connectivity index is 3.00. The highest BCUT2D eigenvalue weighted by Crippen LogP contribution is 2.16. The van der Waals surface area contributed by atoms with Crippen LogP contribution < -0.4 is 5.73 Å². The number of pyridine rings is 1. The molecule has 0 radical (unpaired) electrons. The second kappa shape index (κ2) is 3.91. The van der Waals surface area contributed by atoms with Gasteiger partial charge in [-0.1, -0.05) is 11.6 Å². The molecule has 0 aliphatic carbocycles. The first-order chi connectivity index (χ1) is 6.09. The maximum atomic E-state index is 10.2. The van der Waals surface area contributed by atoms with Crippen LogP contribution in [0.1, 0.15) is 5.56 Å². The SMILES string of the molecule is Nc1cnc(Cl)c(C=CC(=O)O)c1. The molecule has 0 aromatic carbocycles. The van der Waals surface area contributed by atoms with E-state index in [-0.39, 0.29) is 5.15 Å². The van der Waals surface area contributed by atoms with Crippen molar-refractivity contribution < 1.29 is 9.90 Å². The summed E-state index contributed by atoms with van der Waals surface area (Å²) in [5.41, 5.74) is 6.36. The van der Waals surface area contributed by atoms with Gasteiger partial charge in [-0.25, -0.2) is 9.78 Å². The van der Waals surface area contributed by atoms with Crippen molar-refractivity contribution in [1.82, 2.24) is 4.98 Å². The Hall–Kier alpha value is -1.55. The molecule has 0 spiro atoms. The fourth-order valence-corrected chi connectivity index (χ4v) is 0.926. The first-order valence-corrected chi connectivity index (χ1v) is 3.79. The van der Waals surface area contributed by atoms with Gasteiger partial charge in [0.1, 0.15) is 5.15 Å². The molecule has 5 heteroatoms. The number of hydrogen-bond acceptors (Lipinski definition) is 3. The van der Waals surface area contributed by atoms with Crippen molar-refractivity contribution in [2.75, 3.05) is 5.73 Å². The number of rotatable bonds is 2. The van der Waals surface area contributed by atoms with Crippen LogP contribution in [0.3, 0.4) is 0 Å². The molecule has 0 bridgehead atoms. The Morgan fingerprint density at radius 2 is 2.38 bits per heavy atom. The molecule has 0 aliphatic rings. The average Bonchev–Trinajstić information content (AvgIpc) is 2.06. The van der Waals surface area contributed by atoms with Crippen molar-refractivity contribution in [3.63, 3.8) is 0 Å². The number of nitrogens with zero attached hydrogens (tertiary/aromatic N) is 1. The Labute approximate surface area is 79.7 Å². The number of hydrogen-bond donors (Lipinski definition) is 2. The van der Waals surface area contributed by atoms with E-state index in [0.29, 0.717) is 11.3 Å². The largest absolute Gasteiger partial charge is 0.478 e. The molecule has 0 saturated carbocycles. The summed E-state index contributed by atoms with van der Waals surface area (Å²) >= 11 is 5.67. The van der Waals surface area contributed by atoms with E-state index in [1.54, 1.807) is 6.07 Å². The summed E-state index contributed by atoms with van der Waals surface area (Å²) in [6, 6.07) is 1.55. The zero-order valence-electron chi connectivity index (χ0n) is 6.57. The van der Waals surface area contributed by atoms with Gasteiger partial charge in [-0.05, 0) is 12.1 Å². The monoisotopic (exact) mass is 198 g/mol. The summed E-state index contributed by atoms with van der Waals surface area (Å²) < 4.78 is 0. The van der Waals surface area contributed by atoms with Gasteiger partial charge in [-0.15, -0.1) is 0 Å². The smallest absolute Gasteiger partial charge is 0.328 e. The lowest BCUT2D eigenvalue weighted by Gasteiger charge is -1.97. The van der Waals surface area contributed by atoms with Gasteiger partial charge in [-0.3, -0.25) is 0 Å². The van der Waals surface area contributed by atoms with Crippen molar-refractivity contribution in [3.05, 3.63) is 29.1 Å². The lowest BCUT2D eigenvalue weighted by molar-refractivity contribution is -0.131. The van der Waals surface area contributed by atoms with Crippen LogP contribution in [-0.2, 0) is 4.79 Å². The zero-order chi connectivity index (χ0) is 9.84. The number of carboxylic acid groups (broad SMARTS) is 1. The Kier molecular flexibility index (Phi) is 2.87. The van der Waals surface area contributed by atoms with Crippen LogP contribution >= 0.6 is 11.6 Å². The van der Waals surface area contributed by atoms with Gasteiger partial charge in [-0.2, -0.15) is 0 Å². The molecule has 13 heavy (non-hydrogen) atoms. The summed E-state index contributed by atoms with van der Waals surface area (Å²) in [4.78, 5) is 13.9. The number of aliphatic carboxylic acids is 1. The lowest BCUT2D eigenvalue weighted by Crippen LogP contribution is -1.90. The van der Waals surface area contributed by atoms with Gasteiger partial charge in [0.2, 0.25) is 0 Å². The van der Waals surface area contributed by atoms with Crippen LogP contribution in [0.4, 0.5) is 5.69 Å². The highest BCUT2D eigenvalue weighted by Gasteiger charge is 1.98. The molecule has 68 valence electrons. The van der Waals surface area contributed by atoms with E-state index in [1.165, 1.54) is 12.3 Å². The van der Waals surface area contributed by atoms with Crippen LogP contribution in [0.15, 0.2) is 18.3 Å². The number of nitrogen functional groups attached to an aromatic ring is 1. The highest BCUT2D eigenvalue weighted by atomic mass is 35.5. The zero-order valence-corrected chi connectivity index (χ0v) is 7.32. The third-order valence-corrected chi connectivity index (χ3v) is 1.61. The van der Waals surface area contributed by atoms with E-state index in [4.69, 9.17) is 22.4 Å². The number of aromatic nitrogens is 1. The second-order valence-corrected chi connectivity index (χ2v) is 2.68. The van der Waals surface area contributed by atoms with Crippen LogP contribution in [0.5, 0.6) is 0 Å². The van der Waals surface area contributed by atoms with Crippen molar-refractivity contribution in [3.8, 4) is 0 Å². The molecule has 3 N–H and O–H groups in total. The first kappa shape index (κ1) is 9.54.